The number of hydrogen-bond acceptors (Lipinski definition) is 3. The van der Waals surface area contributed by atoms with Gasteiger partial charge in [0.25, 0.3) is 5.52 Å². The van der Waals surface area contributed by atoms with E-state index < -0.39 is 13.2 Å². The molecule has 0 aliphatic heterocycles. The molecule has 0 aliphatic rings. The quantitative estimate of drug-likeness (QED) is 0.166. The van der Waals surface area contributed by atoms with Gasteiger partial charge in [0.05, 0.1) is 0 Å². The fourth-order valence-corrected chi connectivity index (χ4v) is 7.85. The Morgan fingerprint density at radius 2 is 1.03 bits per heavy atom. The van der Waals surface area contributed by atoms with Crippen molar-refractivity contribution in [1.29, 1.82) is 0 Å². The molecule has 0 saturated carbocycles. The molecule has 4 aromatic rings. The lowest BCUT2D eigenvalue weighted by atomic mass is 10.3. The minimum atomic E-state index is -2.77. The molecule has 0 heterocycles. The van der Waals surface area contributed by atoms with E-state index in [0.717, 1.165) is 15.9 Å². The van der Waals surface area contributed by atoms with Gasteiger partial charge in [-0.3, -0.25) is 9.59 Å². The predicted molar refractivity (Wildman–Crippen MR) is 132 cm³/mol. The summed E-state index contributed by atoms with van der Waals surface area (Å²) in [5.41, 5.74) is -0.153. The molecule has 0 N–H and O–H groups in total. The van der Waals surface area contributed by atoms with Crippen molar-refractivity contribution >= 4 is 46.3 Å². The Morgan fingerprint density at radius 3 is 1.44 bits per heavy atom. The van der Waals surface area contributed by atoms with Crippen LogP contribution >= 0.6 is 18.9 Å². The Kier molecular flexibility index (Phi) is 6.80. The molecule has 158 valence electrons. The zero-order valence-electron chi connectivity index (χ0n) is 17.2. The van der Waals surface area contributed by atoms with Crippen LogP contribution in [0.5, 0.6) is 5.75 Å². The Labute approximate surface area is 193 Å². The fourth-order valence-electron chi connectivity index (χ4n) is 3.75. The lowest BCUT2D eigenvalue weighted by Gasteiger charge is -2.25. The number of hydrogen-bond donors (Lipinski definition) is 0. The highest BCUT2D eigenvalue weighted by molar-refractivity contribution is 8.08. The molecule has 32 heavy (non-hydrogen) atoms. The van der Waals surface area contributed by atoms with Gasteiger partial charge in [0.1, 0.15) is 28.1 Å². The zero-order valence-corrected chi connectivity index (χ0v) is 18.9. The van der Waals surface area contributed by atoms with Crippen molar-refractivity contribution in [3.63, 3.8) is 0 Å². The van der Waals surface area contributed by atoms with Gasteiger partial charge in [-0.1, -0.05) is 66.2 Å². The first-order valence-electron chi connectivity index (χ1n) is 10.2. The minimum absolute atomic E-state index is 0.153. The number of carbonyl (C=O) groups excluding carboxylic acids is 2. The van der Waals surface area contributed by atoms with E-state index in [1.807, 2.05) is 91.0 Å². The van der Waals surface area contributed by atoms with Gasteiger partial charge < -0.3 is 4.74 Å². The highest BCUT2D eigenvalue weighted by atomic mass is 35.5. The third kappa shape index (κ3) is 4.50. The summed E-state index contributed by atoms with van der Waals surface area (Å²) < 4.78 is 5.44. The second kappa shape index (κ2) is 9.91. The maximum atomic E-state index is 14.0. The first kappa shape index (κ1) is 22.0. The number of esters is 1. The van der Waals surface area contributed by atoms with Gasteiger partial charge in [0.2, 0.25) is 0 Å². The van der Waals surface area contributed by atoms with E-state index in [-0.39, 0.29) is 11.9 Å². The maximum Gasteiger partial charge on any atom is 0.322 e. The average molecular weight is 460 g/mol. The molecular weight excluding hydrogens is 439 g/mol. The molecule has 0 radical (unpaired) electrons. The van der Waals surface area contributed by atoms with Crippen molar-refractivity contribution in [2.24, 2.45) is 0 Å². The van der Waals surface area contributed by atoms with Crippen LogP contribution < -0.4 is 20.7 Å². The Morgan fingerprint density at radius 1 is 0.625 bits per heavy atom. The van der Waals surface area contributed by atoms with E-state index in [1.54, 1.807) is 24.3 Å². The van der Waals surface area contributed by atoms with Crippen molar-refractivity contribution in [1.82, 2.24) is 0 Å². The topological polar surface area (TPSA) is 43.4 Å². The van der Waals surface area contributed by atoms with Crippen molar-refractivity contribution in [3.05, 3.63) is 120 Å². The Balaban J connectivity index is 1.79. The number of ether oxygens (including phenoxy) is 1. The summed E-state index contributed by atoms with van der Waals surface area (Å²) in [6.07, 6.45) is -0.338. The minimum Gasteiger partial charge on any atom is -0.426 e. The molecule has 0 bridgehead atoms. The van der Waals surface area contributed by atoms with Gasteiger partial charge in [-0.2, -0.15) is 0 Å². The van der Waals surface area contributed by atoms with Crippen LogP contribution in [0.2, 0.25) is 5.02 Å². The van der Waals surface area contributed by atoms with Crippen LogP contribution in [0.3, 0.4) is 0 Å². The van der Waals surface area contributed by atoms with E-state index >= 15 is 0 Å². The second-order valence-electron chi connectivity index (χ2n) is 7.18. The van der Waals surface area contributed by atoms with E-state index in [2.05, 4.69) is 0 Å². The SMILES string of the molecule is O=C(CC(=O)[P+](c1ccccc1)(c1ccccc1)c1ccccc1)Oc1ccc(Cl)cc1. The molecule has 0 aromatic heterocycles. The highest BCUT2D eigenvalue weighted by Crippen LogP contribution is 2.56. The van der Waals surface area contributed by atoms with Crippen LogP contribution in [0.25, 0.3) is 0 Å². The molecule has 5 heteroatoms. The van der Waals surface area contributed by atoms with Gasteiger partial charge in [-0.05, 0) is 60.7 Å². The zero-order chi connectivity index (χ0) is 22.4. The molecule has 0 amide bonds. The van der Waals surface area contributed by atoms with Gasteiger partial charge >= 0.3 is 5.97 Å². The first-order valence-corrected chi connectivity index (χ1v) is 12.3. The fraction of sp³-hybridized carbons (Fsp3) is 0.0370. The van der Waals surface area contributed by atoms with Crippen molar-refractivity contribution < 1.29 is 14.3 Å². The molecule has 0 fully saturated rings. The average Bonchev–Trinajstić information content (AvgIpc) is 2.83. The molecule has 4 aromatic carbocycles. The maximum absolute atomic E-state index is 14.0. The molecule has 0 spiro atoms. The largest absolute Gasteiger partial charge is 0.426 e. The van der Waals surface area contributed by atoms with Gasteiger partial charge in [-0.25, -0.2) is 0 Å². The third-order valence-electron chi connectivity index (χ3n) is 5.15. The Bertz CT molecular complexity index is 1100. The number of benzene rings is 4. The predicted octanol–water partition coefficient (Wildman–Crippen LogP) is 5.16. The molecule has 0 aliphatic carbocycles. The van der Waals surface area contributed by atoms with Gasteiger partial charge in [0, 0.05) is 5.02 Å². The van der Waals surface area contributed by atoms with Gasteiger partial charge in [-0.15, -0.1) is 0 Å². The van der Waals surface area contributed by atoms with Crippen molar-refractivity contribution in [3.8, 4) is 5.75 Å². The molecular formula is C27H21ClO3P+. The summed E-state index contributed by atoms with van der Waals surface area (Å²) >= 11 is 5.91. The van der Waals surface area contributed by atoms with E-state index in [1.165, 1.54) is 0 Å². The monoisotopic (exact) mass is 459 g/mol. The molecule has 4 rings (SSSR count). The molecule has 3 nitrogen and oxygen atoms in total. The summed E-state index contributed by atoms with van der Waals surface area (Å²) in [6.45, 7) is 0. The lowest BCUT2D eigenvalue weighted by Crippen LogP contribution is -2.37. The van der Waals surface area contributed by atoms with Crippen molar-refractivity contribution in [2.45, 2.75) is 6.42 Å². The Hall–Kier alpha value is -3.26. The van der Waals surface area contributed by atoms with Gasteiger partial charge in [0.15, 0.2) is 7.26 Å². The van der Waals surface area contributed by atoms with Crippen LogP contribution in [-0.4, -0.2) is 11.5 Å². The molecule has 0 atom stereocenters. The summed E-state index contributed by atoms with van der Waals surface area (Å²) in [5.74, 6) is -0.236. The smallest absolute Gasteiger partial charge is 0.322 e. The standard InChI is InChI=1S/C27H21ClO3P/c28-21-16-18-22(19-17-21)31-26(29)20-27(30)32(23-10-4-1-5-11-23,24-12-6-2-7-13-24)25-14-8-3-9-15-25/h1-19H,20H2/q+1. The molecule has 0 saturated heterocycles. The number of carbonyl (C=O) groups is 2. The summed E-state index contributed by atoms with van der Waals surface area (Å²) in [7, 11) is -2.77. The summed E-state index contributed by atoms with van der Waals surface area (Å²) in [6, 6.07) is 35.6. The summed E-state index contributed by atoms with van der Waals surface area (Å²) in [5, 5.41) is 3.26. The van der Waals surface area contributed by atoms with Crippen molar-refractivity contribution in [2.75, 3.05) is 0 Å². The lowest BCUT2D eigenvalue weighted by molar-refractivity contribution is -0.136. The molecule has 0 unspecified atom stereocenters. The van der Waals surface area contributed by atoms with E-state index in [0.29, 0.717) is 10.8 Å². The van der Waals surface area contributed by atoms with E-state index in [9.17, 15) is 9.59 Å². The highest BCUT2D eigenvalue weighted by Gasteiger charge is 2.53. The number of halogens is 1. The normalized spacial score (nSPS) is 11.0. The number of rotatable bonds is 7. The third-order valence-corrected chi connectivity index (χ3v) is 9.52. The first-order chi connectivity index (χ1) is 15.6. The van der Waals surface area contributed by atoms with Crippen LogP contribution in [0, 0.1) is 0 Å². The van der Waals surface area contributed by atoms with Crippen LogP contribution in [0.1, 0.15) is 6.42 Å². The van der Waals surface area contributed by atoms with Crippen LogP contribution in [0.15, 0.2) is 115 Å². The second-order valence-corrected chi connectivity index (χ2v) is 11.0. The van der Waals surface area contributed by atoms with Crippen LogP contribution in [0.4, 0.5) is 0 Å². The summed E-state index contributed by atoms with van der Waals surface area (Å²) in [4.78, 5) is 26.8. The van der Waals surface area contributed by atoms with Crippen LogP contribution in [-0.2, 0) is 9.59 Å². The van der Waals surface area contributed by atoms with E-state index in [4.69, 9.17) is 16.3 Å².